The maximum Gasteiger partial charge on any atom is 0.0546 e. The minimum atomic E-state index is 0.207. The van der Waals surface area contributed by atoms with E-state index in [-0.39, 0.29) is 5.41 Å². The molecule has 3 heteroatoms. The summed E-state index contributed by atoms with van der Waals surface area (Å²) in [5, 5.41) is 0. The zero-order chi connectivity index (χ0) is 11.3. The van der Waals surface area contributed by atoms with Crippen molar-refractivity contribution in [3.8, 4) is 0 Å². The first-order chi connectivity index (χ1) is 7.13. The fourth-order valence-corrected chi connectivity index (χ4v) is 2.35. The molecular formula is C12H26N2O. The predicted octanol–water partition coefficient (Wildman–Crippen LogP) is 1.47. The molecule has 0 aliphatic carbocycles. The van der Waals surface area contributed by atoms with E-state index in [4.69, 9.17) is 10.5 Å². The van der Waals surface area contributed by atoms with Crippen LogP contribution in [0.5, 0.6) is 0 Å². The lowest BCUT2D eigenvalue weighted by Crippen LogP contribution is -2.49. The highest BCUT2D eigenvalue weighted by Crippen LogP contribution is 2.29. The van der Waals surface area contributed by atoms with Crippen LogP contribution in [0.15, 0.2) is 0 Å². The quantitative estimate of drug-likeness (QED) is 0.753. The number of nitrogens with two attached hydrogens (primary N) is 1. The van der Waals surface area contributed by atoms with Crippen LogP contribution in [0.2, 0.25) is 0 Å². The van der Waals surface area contributed by atoms with Gasteiger partial charge in [-0.2, -0.15) is 0 Å². The van der Waals surface area contributed by atoms with Gasteiger partial charge in [0, 0.05) is 31.2 Å². The van der Waals surface area contributed by atoms with E-state index in [0.717, 1.165) is 39.3 Å². The fraction of sp³-hybridized carbons (Fsp3) is 1.00. The molecule has 0 aromatic heterocycles. The Morgan fingerprint density at radius 1 is 1.47 bits per heavy atom. The molecule has 0 amide bonds. The molecule has 15 heavy (non-hydrogen) atoms. The summed E-state index contributed by atoms with van der Waals surface area (Å²) < 4.78 is 5.59. The number of nitrogens with zero attached hydrogens (tertiary/aromatic N) is 1. The third-order valence-electron chi connectivity index (χ3n) is 3.51. The smallest absolute Gasteiger partial charge is 0.0546 e. The monoisotopic (exact) mass is 214 g/mol. The number of hydrogen-bond donors (Lipinski definition) is 1. The van der Waals surface area contributed by atoms with Crippen molar-refractivity contribution < 1.29 is 4.74 Å². The molecular weight excluding hydrogens is 188 g/mol. The predicted molar refractivity (Wildman–Crippen MR) is 63.9 cm³/mol. The lowest BCUT2D eigenvalue weighted by Gasteiger charge is -2.41. The van der Waals surface area contributed by atoms with E-state index in [0.29, 0.717) is 6.04 Å². The minimum absolute atomic E-state index is 0.207. The summed E-state index contributed by atoms with van der Waals surface area (Å²) in [4.78, 5) is 2.49. The molecule has 0 aromatic carbocycles. The Hall–Kier alpha value is -0.120. The van der Waals surface area contributed by atoms with Crippen molar-refractivity contribution in [2.24, 2.45) is 11.1 Å². The standard InChI is InChI=1S/C12H26N2O/c1-4-14(11(2)3)9-12(8-13)6-5-7-15-10-12/h11H,4-10,13H2,1-3H3. The molecule has 3 nitrogen and oxygen atoms in total. The summed E-state index contributed by atoms with van der Waals surface area (Å²) in [6.45, 7) is 11.4. The number of ether oxygens (including phenoxy) is 1. The summed E-state index contributed by atoms with van der Waals surface area (Å²) in [5.41, 5.74) is 6.14. The Bertz CT molecular complexity index is 176. The molecule has 90 valence electrons. The molecule has 1 rings (SSSR count). The van der Waals surface area contributed by atoms with Gasteiger partial charge in [0.2, 0.25) is 0 Å². The highest BCUT2D eigenvalue weighted by atomic mass is 16.5. The lowest BCUT2D eigenvalue weighted by atomic mass is 9.81. The van der Waals surface area contributed by atoms with Crippen molar-refractivity contribution in [3.05, 3.63) is 0 Å². The van der Waals surface area contributed by atoms with Gasteiger partial charge in [-0.05, 0) is 33.2 Å². The Morgan fingerprint density at radius 2 is 2.20 bits per heavy atom. The highest BCUT2D eigenvalue weighted by Gasteiger charge is 2.33. The highest BCUT2D eigenvalue weighted by molar-refractivity contribution is 4.86. The van der Waals surface area contributed by atoms with Crippen LogP contribution in [0.25, 0.3) is 0 Å². The SMILES string of the molecule is CCN(CC1(CN)CCCOC1)C(C)C. The second kappa shape index (κ2) is 5.83. The summed E-state index contributed by atoms with van der Waals surface area (Å²) in [5.74, 6) is 0. The molecule has 1 unspecified atom stereocenters. The Balaban J connectivity index is 2.57. The molecule has 1 atom stereocenters. The van der Waals surface area contributed by atoms with Gasteiger partial charge in [-0.1, -0.05) is 6.92 Å². The van der Waals surface area contributed by atoms with Crippen molar-refractivity contribution in [1.29, 1.82) is 0 Å². The van der Waals surface area contributed by atoms with Crippen LogP contribution < -0.4 is 5.73 Å². The van der Waals surface area contributed by atoms with Crippen LogP contribution >= 0.6 is 0 Å². The van der Waals surface area contributed by atoms with Gasteiger partial charge >= 0.3 is 0 Å². The molecule has 1 aliphatic heterocycles. The number of rotatable bonds is 5. The molecule has 1 saturated heterocycles. The van der Waals surface area contributed by atoms with Gasteiger partial charge in [-0.15, -0.1) is 0 Å². The van der Waals surface area contributed by atoms with E-state index < -0.39 is 0 Å². The molecule has 2 N–H and O–H groups in total. The summed E-state index contributed by atoms with van der Waals surface area (Å²) in [7, 11) is 0. The second-order valence-corrected chi connectivity index (χ2v) is 5.02. The molecule has 0 radical (unpaired) electrons. The first kappa shape index (κ1) is 12.9. The average molecular weight is 214 g/mol. The van der Waals surface area contributed by atoms with Crippen LogP contribution in [0.3, 0.4) is 0 Å². The molecule has 0 spiro atoms. The second-order valence-electron chi connectivity index (χ2n) is 5.02. The molecule has 0 saturated carbocycles. The first-order valence-corrected chi connectivity index (χ1v) is 6.15. The van der Waals surface area contributed by atoms with Crippen LogP contribution in [0.4, 0.5) is 0 Å². The van der Waals surface area contributed by atoms with Crippen LogP contribution in [0, 0.1) is 5.41 Å². The largest absolute Gasteiger partial charge is 0.381 e. The van der Waals surface area contributed by atoms with Crippen molar-refractivity contribution >= 4 is 0 Å². The summed E-state index contributed by atoms with van der Waals surface area (Å²) >= 11 is 0. The normalized spacial score (nSPS) is 27.6. The minimum Gasteiger partial charge on any atom is -0.381 e. The van der Waals surface area contributed by atoms with Gasteiger partial charge in [0.25, 0.3) is 0 Å². The van der Waals surface area contributed by atoms with Crippen LogP contribution in [-0.4, -0.2) is 43.8 Å². The maximum atomic E-state index is 5.93. The van der Waals surface area contributed by atoms with Gasteiger partial charge in [-0.3, -0.25) is 0 Å². The third-order valence-corrected chi connectivity index (χ3v) is 3.51. The molecule has 0 bridgehead atoms. The average Bonchev–Trinajstić information content (AvgIpc) is 2.27. The van der Waals surface area contributed by atoms with Gasteiger partial charge in [0.1, 0.15) is 0 Å². The van der Waals surface area contributed by atoms with Gasteiger partial charge in [0.15, 0.2) is 0 Å². The molecule has 1 aliphatic rings. The summed E-state index contributed by atoms with van der Waals surface area (Å²) in [6.07, 6.45) is 2.37. The Morgan fingerprint density at radius 3 is 2.60 bits per heavy atom. The first-order valence-electron chi connectivity index (χ1n) is 6.15. The van der Waals surface area contributed by atoms with Crippen molar-refractivity contribution in [1.82, 2.24) is 4.90 Å². The third kappa shape index (κ3) is 3.44. The molecule has 1 fully saturated rings. The van der Waals surface area contributed by atoms with Crippen molar-refractivity contribution in [2.75, 3.05) is 32.8 Å². The van der Waals surface area contributed by atoms with Gasteiger partial charge < -0.3 is 15.4 Å². The van der Waals surface area contributed by atoms with E-state index in [1.54, 1.807) is 0 Å². The number of hydrogen-bond acceptors (Lipinski definition) is 3. The summed E-state index contributed by atoms with van der Waals surface area (Å²) in [6, 6.07) is 0.598. The van der Waals surface area contributed by atoms with E-state index in [1.807, 2.05) is 0 Å². The topological polar surface area (TPSA) is 38.5 Å². The van der Waals surface area contributed by atoms with Gasteiger partial charge in [0.05, 0.1) is 6.61 Å². The van der Waals surface area contributed by atoms with E-state index in [1.165, 1.54) is 6.42 Å². The maximum absolute atomic E-state index is 5.93. The zero-order valence-corrected chi connectivity index (χ0v) is 10.5. The van der Waals surface area contributed by atoms with E-state index in [2.05, 4.69) is 25.7 Å². The fourth-order valence-electron chi connectivity index (χ4n) is 2.35. The van der Waals surface area contributed by atoms with Gasteiger partial charge in [-0.25, -0.2) is 0 Å². The lowest BCUT2D eigenvalue weighted by molar-refractivity contribution is -0.0256. The van der Waals surface area contributed by atoms with Crippen LogP contribution in [0.1, 0.15) is 33.6 Å². The zero-order valence-electron chi connectivity index (χ0n) is 10.5. The molecule has 1 heterocycles. The molecule has 0 aromatic rings. The van der Waals surface area contributed by atoms with Crippen LogP contribution in [-0.2, 0) is 4.74 Å². The van der Waals surface area contributed by atoms with Crippen molar-refractivity contribution in [2.45, 2.75) is 39.7 Å². The van der Waals surface area contributed by atoms with E-state index >= 15 is 0 Å². The Kier molecular flexibility index (Phi) is 5.03. The Labute approximate surface area is 94.0 Å². The van der Waals surface area contributed by atoms with Crippen molar-refractivity contribution in [3.63, 3.8) is 0 Å². The van der Waals surface area contributed by atoms with E-state index in [9.17, 15) is 0 Å².